The molecule has 2 N–H and O–H groups in total. The van der Waals surface area contributed by atoms with E-state index >= 15 is 0 Å². The summed E-state index contributed by atoms with van der Waals surface area (Å²) in [6, 6.07) is 13.5. The number of nitrogens with zero attached hydrogens (tertiary/aromatic N) is 2. The summed E-state index contributed by atoms with van der Waals surface area (Å²) in [7, 11) is 3.21. The third kappa shape index (κ3) is 5.44. The molecule has 0 aliphatic heterocycles. The number of carbonyl (C=O) groups excluding carboxylic acids is 1. The lowest BCUT2D eigenvalue weighted by Gasteiger charge is -2.11. The first-order valence-electron chi connectivity index (χ1n) is 9.24. The molecule has 7 heteroatoms. The molecule has 0 saturated heterocycles. The van der Waals surface area contributed by atoms with E-state index < -0.39 is 0 Å². The normalized spacial score (nSPS) is 10.3. The Balaban J connectivity index is 1.55. The molecule has 3 rings (SSSR count). The molecule has 0 atom stereocenters. The standard InChI is InChI=1S/C22H24N4O3/c1-15-4-9-20(29-3)18(12-15)26-22(27)19-13-25-21(14-24-19)23-11-10-16-5-7-17(28-2)8-6-16/h4-9,12-14H,10-11H2,1-3H3,(H,23,25)(H,26,27). The van der Waals surface area contributed by atoms with Crippen molar-refractivity contribution in [1.82, 2.24) is 9.97 Å². The van der Waals surface area contributed by atoms with Crippen LogP contribution in [-0.2, 0) is 6.42 Å². The Morgan fingerprint density at radius 1 is 1.00 bits per heavy atom. The van der Waals surface area contributed by atoms with Gasteiger partial charge in [0.2, 0.25) is 0 Å². The van der Waals surface area contributed by atoms with E-state index in [2.05, 4.69) is 20.6 Å². The van der Waals surface area contributed by atoms with Gasteiger partial charge in [-0.2, -0.15) is 0 Å². The summed E-state index contributed by atoms with van der Waals surface area (Å²) in [6.07, 6.45) is 3.84. The zero-order valence-electron chi connectivity index (χ0n) is 16.7. The maximum Gasteiger partial charge on any atom is 0.275 e. The fraction of sp³-hybridized carbons (Fsp3) is 0.227. The molecule has 0 aliphatic carbocycles. The number of ether oxygens (including phenoxy) is 2. The van der Waals surface area contributed by atoms with Crippen LogP contribution in [0.1, 0.15) is 21.6 Å². The first-order chi connectivity index (χ1) is 14.1. The van der Waals surface area contributed by atoms with E-state index in [0.717, 1.165) is 17.7 Å². The minimum absolute atomic E-state index is 0.231. The summed E-state index contributed by atoms with van der Waals surface area (Å²) in [4.78, 5) is 20.9. The van der Waals surface area contributed by atoms with E-state index in [1.807, 2.05) is 49.4 Å². The third-order valence-electron chi connectivity index (χ3n) is 4.37. The monoisotopic (exact) mass is 392 g/mol. The second-order valence-corrected chi connectivity index (χ2v) is 6.47. The van der Waals surface area contributed by atoms with Crippen LogP contribution in [-0.4, -0.2) is 36.6 Å². The molecule has 0 unspecified atom stereocenters. The van der Waals surface area contributed by atoms with Crippen LogP contribution in [0.5, 0.6) is 11.5 Å². The van der Waals surface area contributed by atoms with Gasteiger partial charge in [0, 0.05) is 6.54 Å². The van der Waals surface area contributed by atoms with Gasteiger partial charge >= 0.3 is 0 Å². The minimum Gasteiger partial charge on any atom is -0.497 e. The van der Waals surface area contributed by atoms with Gasteiger partial charge in [-0.15, -0.1) is 0 Å². The number of hydrogen-bond donors (Lipinski definition) is 2. The number of methoxy groups -OCH3 is 2. The quantitative estimate of drug-likeness (QED) is 0.608. The number of aromatic nitrogens is 2. The lowest BCUT2D eigenvalue weighted by molar-refractivity contribution is 0.102. The van der Waals surface area contributed by atoms with Gasteiger partial charge in [-0.3, -0.25) is 4.79 Å². The van der Waals surface area contributed by atoms with Crippen molar-refractivity contribution in [2.45, 2.75) is 13.3 Å². The van der Waals surface area contributed by atoms with Crippen LogP contribution in [0.15, 0.2) is 54.9 Å². The second-order valence-electron chi connectivity index (χ2n) is 6.47. The summed E-state index contributed by atoms with van der Waals surface area (Å²) in [6.45, 7) is 2.65. The van der Waals surface area contributed by atoms with Crippen molar-refractivity contribution in [3.63, 3.8) is 0 Å². The predicted octanol–water partition coefficient (Wildman–Crippen LogP) is 3.71. The van der Waals surface area contributed by atoms with Crippen molar-refractivity contribution >= 4 is 17.4 Å². The number of aryl methyl sites for hydroxylation is 1. The summed E-state index contributed by atoms with van der Waals surface area (Å²) in [5.74, 6) is 1.70. The van der Waals surface area contributed by atoms with E-state index in [-0.39, 0.29) is 11.6 Å². The lowest BCUT2D eigenvalue weighted by atomic mass is 10.1. The topological polar surface area (TPSA) is 85.4 Å². The fourth-order valence-electron chi connectivity index (χ4n) is 2.77. The summed E-state index contributed by atoms with van der Waals surface area (Å²) >= 11 is 0. The highest BCUT2D eigenvalue weighted by Crippen LogP contribution is 2.25. The SMILES string of the molecule is COc1ccc(CCNc2cnc(C(=O)Nc3cc(C)ccc3OC)cn2)cc1. The van der Waals surface area contributed by atoms with E-state index in [4.69, 9.17) is 9.47 Å². The van der Waals surface area contributed by atoms with E-state index in [0.29, 0.717) is 23.8 Å². The largest absolute Gasteiger partial charge is 0.497 e. The van der Waals surface area contributed by atoms with Crippen LogP contribution >= 0.6 is 0 Å². The molecule has 3 aromatic rings. The molecule has 1 aromatic heterocycles. The molecule has 1 amide bonds. The van der Waals surface area contributed by atoms with Crippen molar-refractivity contribution in [1.29, 1.82) is 0 Å². The summed E-state index contributed by atoms with van der Waals surface area (Å²) in [5.41, 5.74) is 3.04. The first-order valence-corrected chi connectivity index (χ1v) is 9.24. The average Bonchev–Trinajstić information content (AvgIpc) is 2.75. The zero-order chi connectivity index (χ0) is 20.6. The number of amides is 1. The Kier molecular flexibility index (Phi) is 6.63. The highest BCUT2D eigenvalue weighted by atomic mass is 16.5. The molecule has 0 spiro atoms. The van der Waals surface area contributed by atoms with Gasteiger partial charge in [0.1, 0.15) is 23.0 Å². The highest BCUT2D eigenvalue weighted by Gasteiger charge is 2.12. The summed E-state index contributed by atoms with van der Waals surface area (Å²) < 4.78 is 10.4. The lowest BCUT2D eigenvalue weighted by Crippen LogP contribution is -2.15. The Hall–Kier alpha value is -3.61. The maximum atomic E-state index is 12.5. The Bertz CT molecular complexity index is 957. The van der Waals surface area contributed by atoms with Gasteiger partial charge < -0.3 is 20.1 Å². The number of rotatable bonds is 8. The van der Waals surface area contributed by atoms with Gasteiger partial charge in [-0.05, 0) is 48.7 Å². The number of nitrogens with one attached hydrogen (secondary N) is 2. The van der Waals surface area contributed by atoms with Gasteiger partial charge in [-0.25, -0.2) is 9.97 Å². The molecule has 0 radical (unpaired) electrons. The first kappa shape index (κ1) is 20.1. The highest BCUT2D eigenvalue weighted by molar-refractivity contribution is 6.03. The molecular weight excluding hydrogens is 368 g/mol. The second kappa shape index (κ2) is 9.54. The van der Waals surface area contributed by atoms with Crippen molar-refractivity contribution in [2.75, 3.05) is 31.4 Å². The minimum atomic E-state index is -0.341. The van der Waals surface area contributed by atoms with Crippen LogP contribution in [0, 0.1) is 6.92 Å². The van der Waals surface area contributed by atoms with E-state index in [1.54, 1.807) is 20.4 Å². The fourth-order valence-corrected chi connectivity index (χ4v) is 2.77. The van der Waals surface area contributed by atoms with E-state index in [9.17, 15) is 4.79 Å². The predicted molar refractivity (Wildman–Crippen MR) is 113 cm³/mol. The molecule has 2 aromatic carbocycles. The smallest absolute Gasteiger partial charge is 0.275 e. The number of hydrogen-bond acceptors (Lipinski definition) is 6. The molecule has 0 saturated carbocycles. The van der Waals surface area contributed by atoms with Crippen LogP contribution < -0.4 is 20.1 Å². The molecule has 150 valence electrons. The third-order valence-corrected chi connectivity index (χ3v) is 4.37. The maximum absolute atomic E-state index is 12.5. The Labute approximate surface area is 170 Å². The summed E-state index contributed by atoms with van der Waals surface area (Å²) in [5, 5.41) is 6.02. The zero-order valence-corrected chi connectivity index (χ0v) is 16.7. The molecule has 1 heterocycles. The van der Waals surface area contributed by atoms with Gasteiger partial charge in [0.25, 0.3) is 5.91 Å². The van der Waals surface area contributed by atoms with Gasteiger partial charge in [0.05, 0.1) is 32.3 Å². The van der Waals surface area contributed by atoms with Crippen molar-refractivity contribution < 1.29 is 14.3 Å². The van der Waals surface area contributed by atoms with Crippen LogP contribution in [0.2, 0.25) is 0 Å². The van der Waals surface area contributed by atoms with Gasteiger partial charge in [0.15, 0.2) is 0 Å². The number of carbonyl (C=O) groups is 1. The van der Waals surface area contributed by atoms with Crippen LogP contribution in [0.3, 0.4) is 0 Å². The van der Waals surface area contributed by atoms with Crippen molar-refractivity contribution in [3.05, 3.63) is 71.7 Å². The Morgan fingerprint density at radius 2 is 1.79 bits per heavy atom. The number of benzene rings is 2. The number of anilines is 2. The van der Waals surface area contributed by atoms with Crippen molar-refractivity contribution in [3.8, 4) is 11.5 Å². The van der Waals surface area contributed by atoms with E-state index in [1.165, 1.54) is 11.8 Å². The molecule has 0 fully saturated rings. The van der Waals surface area contributed by atoms with Crippen LogP contribution in [0.4, 0.5) is 11.5 Å². The average molecular weight is 392 g/mol. The molecular formula is C22H24N4O3. The molecule has 29 heavy (non-hydrogen) atoms. The molecule has 0 aliphatic rings. The van der Waals surface area contributed by atoms with Crippen LogP contribution in [0.25, 0.3) is 0 Å². The van der Waals surface area contributed by atoms with Crippen molar-refractivity contribution in [2.24, 2.45) is 0 Å². The molecule has 7 nitrogen and oxygen atoms in total. The Morgan fingerprint density at radius 3 is 2.45 bits per heavy atom. The van der Waals surface area contributed by atoms with Gasteiger partial charge in [-0.1, -0.05) is 18.2 Å². The molecule has 0 bridgehead atoms.